The summed E-state index contributed by atoms with van der Waals surface area (Å²) in [5.41, 5.74) is 0.517. The van der Waals surface area contributed by atoms with Gasteiger partial charge in [-0.1, -0.05) is 42.1 Å². The molecule has 88 valence electrons. The molecule has 1 aromatic rings. The SMILES string of the molecule is O=C(CN1C(=O)CCSC1=O)c1ccccc1. The first-order chi connectivity index (χ1) is 8.18. The van der Waals surface area contributed by atoms with Crippen molar-refractivity contribution in [2.75, 3.05) is 12.3 Å². The summed E-state index contributed by atoms with van der Waals surface area (Å²) in [4.78, 5) is 35.9. The Bertz CT molecular complexity index is 442. The Hall–Kier alpha value is -1.62. The predicted molar refractivity (Wildman–Crippen MR) is 65.0 cm³/mol. The van der Waals surface area contributed by atoms with Crippen molar-refractivity contribution in [3.05, 3.63) is 35.9 Å². The second-order valence-corrected chi connectivity index (χ2v) is 4.68. The Kier molecular flexibility index (Phi) is 3.58. The first-order valence-electron chi connectivity index (χ1n) is 5.24. The minimum Gasteiger partial charge on any atom is -0.292 e. The number of carbonyl (C=O) groups is 3. The summed E-state index contributed by atoms with van der Waals surface area (Å²) in [5, 5.41) is -0.328. The van der Waals surface area contributed by atoms with Crippen LogP contribution in [0.3, 0.4) is 0 Å². The largest absolute Gasteiger partial charge is 0.292 e. The molecule has 1 heterocycles. The summed E-state index contributed by atoms with van der Waals surface area (Å²) in [6, 6.07) is 8.66. The first-order valence-corrected chi connectivity index (χ1v) is 6.22. The van der Waals surface area contributed by atoms with Crippen LogP contribution in [0.1, 0.15) is 16.8 Å². The maximum absolute atomic E-state index is 11.8. The molecule has 0 atom stereocenters. The Morgan fingerprint density at radius 3 is 2.59 bits per heavy atom. The smallest absolute Gasteiger partial charge is 0.288 e. The van der Waals surface area contributed by atoms with Crippen molar-refractivity contribution < 1.29 is 14.4 Å². The Morgan fingerprint density at radius 1 is 1.24 bits per heavy atom. The number of ketones is 1. The highest BCUT2D eigenvalue weighted by Crippen LogP contribution is 2.18. The molecule has 17 heavy (non-hydrogen) atoms. The molecule has 0 bridgehead atoms. The van der Waals surface area contributed by atoms with Crippen molar-refractivity contribution in [3.63, 3.8) is 0 Å². The first kappa shape index (κ1) is 11.9. The average Bonchev–Trinajstić information content (AvgIpc) is 2.35. The van der Waals surface area contributed by atoms with Crippen molar-refractivity contribution in [2.24, 2.45) is 0 Å². The van der Waals surface area contributed by atoms with E-state index >= 15 is 0 Å². The van der Waals surface area contributed by atoms with E-state index in [1.54, 1.807) is 24.3 Å². The van der Waals surface area contributed by atoms with Crippen LogP contribution in [0.5, 0.6) is 0 Å². The van der Waals surface area contributed by atoms with Crippen LogP contribution < -0.4 is 0 Å². The zero-order chi connectivity index (χ0) is 12.3. The molecule has 1 aromatic carbocycles. The summed E-state index contributed by atoms with van der Waals surface area (Å²) >= 11 is 1.08. The van der Waals surface area contributed by atoms with Gasteiger partial charge in [0.05, 0.1) is 6.54 Å². The van der Waals surface area contributed by atoms with Gasteiger partial charge in [-0.2, -0.15) is 0 Å². The number of carbonyl (C=O) groups excluding carboxylic acids is 3. The average molecular weight is 249 g/mol. The molecule has 1 aliphatic rings. The molecule has 4 nitrogen and oxygen atoms in total. The van der Waals surface area contributed by atoms with Crippen molar-refractivity contribution in [2.45, 2.75) is 6.42 Å². The Labute approximate surface area is 103 Å². The molecule has 1 fully saturated rings. The second kappa shape index (κ2) is 5.14. The summed E-state index contributed by atoms with van der Waals surface area (Å²) in [6.07, 6.45) is 0.318. The van der Waals surface area contributed by atoms with Crippen LogP contribution >= 0.6 is 11.8 Å². The van der Waals surface area contributed by atoms with Crippen molar-refractivity contribution in [1.29, 1.82) is 0 Å². The zero-order valence-corrected chi connectivity index (χ0v) is 9.90. The van der Waals surface area contributed by atoms with Crippen molar-refractivity contribution >= 4 is 28.7 Å². The molecule has 0 aromatic heterocycles. The van der Waals surface area contributed by atoms with Crippen LogP contribution in [0.25, 0.3) is 0 Å². The van der Waals surface area contributed by atoms with E-state index in [0.717, 1.165) is 16.7 Å². The number of amides is 2. The fourth-order valence-electron chi connectivity index (χ4n) is 1.55. The van der Waals surface area contributed by atoms with Gasteiger partial charge in [0.25, 0.3) is 5.24 Å². The normalized spacial score (nSPS) is 16.1. The lowest BCUT2D eigenvalue weighted by Gasteiger charge is -2.23. The van der Waals surface area contributed by atoms with E-state index in [2.05, 4.69) is 0 Å². The van der Waals surface area contributed by atoms with Gasteiger partial charge in [0.15, 0.2) is 5.78 Å². The third-order valence-electron chi connectivity index (χ3n) is 2.46. The summed E-state index contributed by atoms with van der Waals surface area (Å²) in [6.45, 7) is -0.158. The minimum absolute atomic E-state index is 0.158. The van der Waals surface area contributed by atoms with E-state index < -0.39 is 0 Å². The van der Waals surface area contributed by atoms with Gasteiger partial charge in [-0.3, -0.25) is 19.3 Å². The van der Waals surface area contributed by atoms with E-state index in [0.29, 0.717) is 17.7 Å². The predicted octanol–water partition coefficient (Wildman–Crippen LogP) is 1.95. The number of Topliss-reactive ketones (excluding diaryl/α,β-unsaturated/α-hetero) is 1. The number of hydrogen-bond acceptors (Lipinski definition) is 4. The molecule has 0 saturated carbocycles. The quantitative estimate of drug-likeness (QED) is 0.768. The molecule has 2 amide bonds. The van der Waals surface area contributed by atoms with Crippen LogP contribution in [0.4, 0.5) is 4.79 Å². The fourth-order valence-corrected chi connectivity index (χ4v) is 2.33. The third-order valence-corrected chi connectivity index (χ3v) is 3.34. The minimum atomic E-state index is -0.328. The van der Waals surface area contributed by atoms with Crippen LogP contribution in [0.15, 0.2) is 30.3 Å². The van der Waals surface area contributed by atoms with Gasteiger partial charge in [-0.15, -0.1) is 0 Å². The van der Waals surface area contributed by atoms with E-state index in [4.69, 9.17) is 0 Å². The van der Waals surface area contributed by atoms with Crippen LogP contribution in [0, 0.1) is 0 Å². The van der Waals surface area contributed by atoms with E-state index in [-0.39, 0.29) is 23.5 Å². The van der Waals surface area contributed by atoms with Gasteiger partial charge in [0.1, 0.15) is 0 Å². The fraction of sp³-hybridized carbons (Fsp3) is 0.250. The molecular weight excluding hydrogens is 238 g/mol. The molecule has 0 aliphatic carbocycles. The number of rotatable bonds is 3. The zero-order valence-electron chi connectivity index (χ0n) is 9.09. The maximum atomic E-state index is 11.8. The highest BCUT2D eigenvalue weighted by Gasteiger charge is 2.28. The topological polar surface area (TPSA) is 54.5 Å². The molecule has 0 unspecified atom stereocenters. The molecule has 1 saturated heterocycles. The van der Waals surface area contributed by atoms with Crippen LogP contribution in [-0.4, -0.2) is 34.1 Å². The maximum Gasteiger partial charge on any atom is 0.288 e. The summed E-state index contributed by atoms with van der Waals surface area (Å²) < 4.78 is 0. The van der Waals surface area contributed by atoms with E-state index in [1.165, 1.54) is 0 Å². The third kappa shape index (κ3) is 2.74. The number of hydrogen-bond donors (Lipinski definition) is 0. The van der Waals surface area contributed by atoms with Crippen molar-refractivity contribution in [1.82, 2.24) is 4.90 Å². The number of imide groups is 1. The van der Waals surface area contributed by atoms with E-state index in [9.17, 15) is 14.4 Å². The molecular formula is C12H11NO3S. The molecule has 0 spiro atoms. The molecule has 0 N–H and O–H groups in total. The van der Waals surface area contributed by atoms with Gasteiger partial charge >= 0.3 is 0 Å². The lowest BCUT2D eigenvalue weighted by atomic mass is 10.1. The highest BCUT2D eigenvalue weighted by atomic mass is 32.2. The lowest BCUT2D eigenvalue weighted by molar-refractivity contribution is -0.127. The van der Waals surface area contributed by atoms with Gasteiger partial charge in [-0.25, -0.2) is 0 Å². The Balaban J connectivity index is 2.08. The number of thioether (sulfide) groups is 1. The highest BCUT2D eigenvalue weighted by molar-refractivity contribution is 8.13. The van der Waals surface area contributed by atoms with Gasteiger partial charge in [0, 0.05) is 17.7 Å². The lowest BCUT2D eigenvalue weighted by Crippen LogP contribution is -2.41. The van der Waals surface area contributed by atoms with Gasteiger partial charge in [-0.05, 0) is 0 Å². The number of benzene rings is 1. The molecule has 2 rings (SSSR count). The summed E-state index contributed by atoms with van der Waals surface area (Å²) in [7, 11) is 0. The van der Waals surface area contributed by atoms with Crippen LogP contribution in [-0.2, 0) is 4.79 Å². The second-order valence-electron chi connectivity index (χ2n) is 3.63. The van der Waals surface area contributed by atoms with Crippen LogP contribution in [0.2, 0.25) is 0 Å². The molecule has 0 radical (unpaired) electrons. The van der Waals surface area contributed by atoms with Gasteiger partial charge in [0.2, 0.25) is 5.91 Å². The van der Waals surface area contributed by atoms with E-state index in [1.807, 2.05) is 6.07 Å². The summed E-state index contributed by atoms with van der Waals surface area (Å²) in [5.74, 6) is 0.0288. The standard InChI is InChI=1S/C12H11NO3S/c14-10(9-4-2-1-3-5-9)8-13-11(15)6-7-17-12(13)16/h1-5H,6-8H2. The number of nitrogens with zero attached hydrogens (tertiary/aromatic N) is 1. The molecule has 5 heteroatoms. The monoisotopic (exact) mass is 249 g/mol. The Morgan fingerprint density at radius 2 is 1.94 bits per heavy atom. The molecule has 1 aliphatic heterocycles. The van der Waals surface area contributed by atoms with Gasteiger partial charge < -0.3 is 0 Å². The van der Waals surface area contributed by atoms with Crippen molar-refractivity contribution in [3.8, 4) is 0 Å².